The SMILES string of the molecule is C1CPC([C@@H]2OCCP2)O1. The van der Waals surface area contributed by atoms with Gasteiger partial charge in [-0.25, -0.2) is 0 Å². The maximum absolute atomic E-state index is 5.53. The van der Waals surface area contributed by atoms with Gasteiger partial charge in [-0.3, -0.25) is 0 Å². The first-order valence-corrected chi connectivity index (χ1v) is 6.24. The minimum absolute atomic E-state index is 0.473. The van der Waals surface area contributed by atoms with Crippen LogP contribution in [0.25, 0.3) is 0 Å². The van der Waals surface area contributed by atoms with Crippen molar-refractivity contribution in [2.24, 2.45) is 0 Å². The van der Waals surface area contributed by atoms with E-state index in [0.29, 0.717) is 11.7 Å². The Hall–Kier alpha value is 0.780. The predicted octanol–water partition coefficient (Wildman–Crippen LogP) is 1.06. The molecule has 0 aromatic rings. The van der Waals surface area contributed by atoms with Crippen molar-refractivity contribution >= 4 is 17.2 Å². The van der Waals surface area contributed by atoms with Gasteiger partial charge < -0.3 is 9.47 Å². The molecule has 2 rings (SSSR count). The maximum atomic E-state index is 5.53. The second-order valence-electron chi connectivity index (χ2n) is 2.49. The molecule has 0 spiro atoms. The summed E-state index contributed by atoms with van der Waals surface area (Å²) in [5, 5.41) is 0. The molecule has 0 amide bonds. The van der Waals surface area contributed by atoms with Crippen LogP contribution >= 0.6 is 17.2 Å². The van der Waals surface area contributed by atoms with E-state index in [1.807, 2.05) is 0 Å². The Labute approximate surface area is 64.6 Å². The topological polar surface area (TPSA) is 18.5 Å². The number of hydrogen-bond donors (Lipinski definition) is 0. The van der Waals surface area contributed by atoms with Gasteiger partial charge in [0.2, 0.25) is 0 Å². The molecule has 0 aromatic carbocycles. The largest absolute Gasteiger partial charge is 0.371 e. The van der Waals surface area contributed by atoms with E-state index < -0.39 is 0 Å². The average molecular weight is 178 g/mol. The quantitative estimate of drug-likeness (QED) is 0.559. The lowest BCUT2D eigenvalue weighted by atomic mass is 10.7. The fourth-order valence-electron chi connectivity index (χ4n) is 1.28. The van der Waals surface area contributed by atoms with E-state index in [0.717, 1.165) is 30.4 Å². The number of hydrogen-bond acceptors (Lipinski definition) is 2. The van der Waals surface area contributed by atoms with E-state index in [4.69, 9.17) is 9.47 Å². The van der Waals surface area contributed by atoms with Gasteiger partial charge in [0.25, 0.3) is 0 Å². The Balaban J connectivity index is 1.85. The van der Waals surface area contributed by atoms with E-state index in [1.165, 1.54) is 12.3 Å². The van der Waals surface area contributed by atoms with Gasteiger partial charge in [-0.05, 0) is 12.3 Å². The Morgan fingerprint density at radius 1 is 0.900 bits per heavy atom. The van der Waals surface area contributed by atoms with Crippen molar-refractivity contribution < 1.29 is 9.47 Å². The van der Waals surface area contributed by atoms with Crippen LogP contribution in [-0.4, -0.2) is 37.2 Å². The van der Waals surface area contributed by atoms with Crippen LogP contribution in [0, 0.1) is 0 Å². The highest BCUT2D eigenvalue weighted by Crippen LogP contribution is 2.40. The summed E-state index contributed by atoms with van der Waals surface area (Å²) in [6.07, 6.45) is 2.52. The van der Waals surface area contributed by atoms with Gasteiger partial charge in [-0.15, -0.1) is 0 Å². The molecule has 0 aromatic heterocycles. The fourth-order valence-corrected chi connectivity index (χ4v) is 4.12. The van der Waals surface area contributed by atoms with Crippen molar-refractivity contribution in [1.82, 2.24) is 0 Å². The normalized spacial score (nSPS) is 45.6. The molecule has 0 aliphatic carbocycles. The molecule has 2 saturated heterocycles. The molecule has 4 atom stereocenters. The zero-order chi connectivity index (χ0) is 6.81. The minimum atomic E-state index is 0.473. The van der Waals surface area contributed by atoms with Crippen LogP contribution in [0.1, 0.15) is 0 Å². The van der Waals surface area contributed by atoms with Crippen molar-refractivity contribution in [2.45, 2.75) is 11.7 Å². The second-order valence-corrected chi connectivity index (χ2v) is 5.45. The zero-order valence-electron chi connectivity index (χ0n) is 5.80. The van der Waals surface area contributed by atoms with Crippen LogP contribution in [0.2, 0.25) is 0 Å². The highest BCUT2D eigenvalue weighted by atomic mass is 31.1. The van der Waals surface area contributed by atoms with Crippen LogP contribution in [0.15, 0.2) is 0 Å². The summed E-state index contributed by atoms with van der Waals surface area (Å²) < 4.78 is 11.1. The third-order valence-corrected chi connectivity index (χ3v) is 4.83. The van der Waals surface area contributed by atoms with Crippen molar-refractivity contribution in [3.05, 3.63) is 0 Å². The monoisotopic (exact) mass is 178 g/mol. The van der Waals surface area contributed by atoms with Gasteiger partial charge in [-0.1, -0.05) is 17.2 Å². The lowest BCUT2D eigenvalue weighted by molar-refractivity contribution is 0.0375. The van der Waals surface area contributed by atoms with Crippen molar-refractivity contribution in [3.63, 3.8) is 0 Å². The van der Waals surface area contributed by atoms with Crippen molar-refractivity contribution in [2.75, 3.05) is 25.5 Å². The third-order valence-electron chi connectivity index (χ3n) is 1.76. The fraction of sp³-hybridized carbons (Fsp3) is 1.00. The molecule has 2 fully saturated rings. The minimum Gasteiger partial charge on any atom is -0.371 e. The van der Waals surface area contributed by atoms with E-state index >= 15 is 0 Å². The first-order valence-electron chi connectivity index (χ1n) is 3.67. The van der Waals surface area contributed by atoms with Gasteiger partial charge in [0, 0.05) is 0 Å². The maximum Gasteiger partial charge on any atom is 0.103 e. The van der Waals surface area contributed by atoms with Gasteiger partial charge in [0.1, 0.15) is 11.7 Å². The van der Waals surface area contributed by atoms with Gasteiger partial charge in [0.05, 0.1) is 13.2 Å². The Morgan fingerprint density at radius 3 is 1.70 bits per heavy atom. The summed E-state index contributed by atoms with van der Waals surface area (Å²) in [6.45, 7) is 1.93. The van der Waals surface area contributed by atoms with Gasteiger partial charge >= 0.3 is 0 Å². The van der Waals surface area contributed by atoms with Crippen LogP contribution in [0.5, 0.6) is 0 Å². The van der Waals surface area contributed by atoms with Crippen LogP contribution < -0.4 is 0 Å². The molecule has 2 heterocycles. The standard InChI is InChI=1S/C6H12O2P2/c1-3-9-5(7-1)6-8-2-4-10-6/h5-6,9-10H,1-4H2/t5-,6?/m1/s1. The zero-order valence-corrected chi connectivity index (χ0v) is 7.80. The Morgan fingerprint density at radius 2 is 1.40 bits per heavy atom. The van der Waals surface area contributed by atoms with E-state index in [1.54, 1.807) is 0 Å². The predicted molar refractivity (Wildman–Crippen MR) is 45.8 cm³/mol. The summed E-state index contributed by atoms with van der Waals surface area (Å²) >= 11 is 0. The third kappa shape index (κ3) is 1.51. The number of rotatable bonds is 1. The Kier molecular flexibility index (Phi) is 2.56. The summed E-state index contributed by atoms with van der Waals surface area (Å²) in [5.74, 6) is 0.946. The first-order chi connectivity index (χ1) is 4.97. The summed E-state index contributed by atoms with van der Waals surface area (Å²) in [4.78, 5) is 0. The number of ether oxygens (including phenoxy) is 2. The molecular formula is C6H12O2P2. The molecule has 2 aliphatic heterocycles. The molecule has 0 saturated carbocycles. The lowest BCUT2D eigenvalue weighted by Crippen LogP contribution is -2.16. The summed E-state index contributed by atoms with van der Waals surface area (Å²) in [7, 11) is 1.99. The molecule has 10 heavy (non-hydrogen) atoms. The average Bonchev–Trinajstić information content (AvgIpc) is 2.59. The molecule has 0 radical (unpaired) electrons. The second kappa shape index (κ2) is 3.45. The van der Waals surface area contributed by atoms with Crippen molar-refractivity contribution in [3.8, 4) is 0 Å². The Bertz CT molecular complexity index is 94.3. The molecule has 2 nitrogen and oxygen atoms in total. The van der Waals surface area contributed by atoms with E-state index in [9.17, 15) is 0 Å². The van der Waals surface area contributed by atoms with E-state index in [-0.39, 0.29) is 0 Å². The molecule has 58 valence electrons. The smallest absolute Gasteiger partial charge is 0.103 e. The van der Waals surface area contributed by atoms with E-state index in [2.05, 4.69) is 0 Å². The lowest BCUT2D eigenvalue weighted by Gasteiger charge is -2.15. The molecule has 4 heteroatoms. The molecular weight excluding hydrogens is 166 g/mol. The van der Waals surface area contributed by atoms with Crippen LogP contribution in [0.4, 0.5) is 0 Å². The van der Waals surface area contributed by atoms with Crippen LogP contribution in [0.3, 0.4) is 0 Å². The van der Waals surface area contributed by atoms with Gasteiger partial charge in [0.15, 0.2) is 0 Å². The molecule has 0 bridgehead atoms. The summed E-state index contributed by atoms with van der Waals surface area (Å²) in [6, 6.07) is 0. The molecule has 3 unspecified atom stereocenters. The molecule has 0 N–H and O–H groups in total. The van der Waals surface area contributed by atoms with Crippen molar-refractivity contribution in [1.29, 1.82) is 0 Å². The van der Waals surface area contributed by atoms with Crippen LogP contribution in [-0.2, 0) is 9.47 Å². The summed E-state index contributed by atoms with van der Waals surface area (Å²) in [5.41, 5.74) is 0. The first kappa shape index (κ1) is 7.43. The molecule has 2 aliphatic rings. The highest BCUT2D eigenvalue weighted by molar-refractivity contribution is 7.43. The highest BCUT2D eigenvalue weighted by Gasteiger charge is 2.28. The van der Waals surface area contributed by atoms with Gasteiger partial charge in [-0.2, -0.15) is 0 Å².